The molecule has 3 heteroatoms. The van der Waals surface area contributed by atoms with Gasteiger partial charge in [-0.1, -0.05) is 6.07 Å². The summed E-state index contributed by atoms with van der Waals surface area (Å²) in [5.74, 6) is 0.0719. The summed E-state index contributed by atoms with van der Waals surface area (Å²) in [6, 6.07) is 4.79. The summed E-state index contributed by atoms with van der Waals surface area (Å²) in [6.45, 7) is 0.549. The monoisotopic (exact) mass is 149 g/mol. The maximum atomic E-state index is 11.1. The normalized spacial score (nSPS) is 15.1. The molecule has 0 atom stereocenters. The summed E-state index contributed by atoms with van der Waals surface area (Å²) in [7, 11) is 0. The lowest BCUT2D eigenvalue weighted by molar-refractivity contribution is 0.0994. The topological polar surface area (TPSA) is 39.1 Å². The molecule has 0 unspecified atom stereocenters. The number of aromatic nitrogens is 1. The van der Waals surface area contributed by atoms with E-state index in [4.69, 9.17) is 0 Å². The highest BCUT2D eigenvalue weighted by Crippen LogP contribution is 2.09. The summed E-state index contributed by atoms with van der Waals surface area (Å²) < 4.78 is 1.52. The lowest BCUT2D eigenvalue weighted by Gasteiger charge is -1.97. The zero-order valence-electron chi connectivity index (χ0n) is 5.91. The largest absolute Gasteiger partial charge is 0.305 e. The van der Waals surface area contributed by atoms with Crippen molar-refractivity contribution in [2.75, 3.05) is 0 Å². The van der Waals surface area contributed by atoms with E-state index in [1.54, 1.807) is 12.1 Å². The predicted molar refractivity (Wildman–Crippen MR) is 39.6 cm³/mol. The van der Waals surface area contributed by atoms with Crippen LogP contribution in [0.2, 0.25) is 0 Å². The van der Waals surface area contributed by atoms with Gasteiger partial charge in [0.1, 0.15) is 0 Å². The van der Waals surface area contributed by atoms with Gasteiger partial charge in [-0.3, -0.25) is 9.59 Å². The van der Waals surface area contributed by atoms with Crippen LogP contribution in [0.3, 0.4) is 0 Å². The third kappa shape index (κ3) is 0.808. The Labute approximate surface area is 63.3 Å². The number of carbonyl (C=O) groups is 1. The minimum Gasteiger partial charge on any atom is -0.305 e. The molecule has 1 aromatic rings. The number of hydrogen-bond acceptors (Lipinski definition) is 2. The van der Waals surface area contributed by atoms with E-state index in [1.165, 1.54) is 10.6 Å². The first-order valence-electron chi connectivity index (χ1n) is 3.52. The van der Waals surface area contributed by atoms with Crippen molar-refractivity contribution in [3.63, 3.8) is 0 Å². The van der Waals surface area contributed by atoms with Crippen LogP contribution in [0, 0.1) is 0 Å². The molecule has 56 valence electrons. The quantitative estimate of drug-likeness (QED) is 0.536. The van der Waals surface area contributed by atoms with Crippen LogP contribution in [0.5, 0.6) is 0 Å². The van der Waals surface area contributed by atoms with E-state index in [9.17, 15) is 9.59 Å². The molecule has 0 spiro atoms. The van der Waals surface area contributed by atoms with E-state index in [0.29, 0.717) is 18.7 Å². The van der Waals surface area contributed by atoms with Crippen molar-refractivity contribution in [1.29, 1.82) is 0 Å². The van der Waals surface area contributed by atoms with E-state index in [0.717, 1.165) is 0 Å². The van der Waals surface area contributed by atoms with Gasteiger partial charge in [0, 0.05) is 19.0 Å². The van der Waals surface area contributed by atoms with E-state index in [2.05, 4.69) is 0 Å². The fraction of sp³-hybridized carbons (Fsp3) is 0.250. The number of fused-ring (bicyclic) bond motifs is 1. The minimum absolute atomic E-state index is 0.0719. The van der Waals surface area contributed by atoms with E-state index in [-0.39, 0.29) is 11.3 Å². The molecule has 3 nitrogen and oxygen atoms in total. The Morgan fingerprint density at radius 1 is 1.27 bits per heavy atom. The second-order valence-electron chi connectivity index (χ2n) is 2.57. The number of Topliss-reactive ketones (excluding diaryl/α,β-unsaturated/α-hetero) is 1. The fourth-order valence-corrected chi connectivity index (χ4v) is 1.34. The Kier molecular flexibility index (Phi) is 1.18. The highest BCUT2D eigenvalue weighted by Gasteiger charge is 2.18. The molecule has 0 saturated carbocycles. The van der Waals surface area contributed by atoms with Crippen molar-refractivity contribution in [3.8, 4) is 0 Å². The number of pyridine rings is 1. The van der Waals surface area contributed by atoms with Gasteiger partial charge in [-0.2, -0.15) is 0 Å². The van der Waals surface area contributed by atoms with Crippen LogP contribution in [-0.4, -0.2) is 10.4 Å². The van der Waals surface area contributed by atoms with Crippen LogP contribution >= 0.6 is 0 Å². The molecule has 2 heterocycles. The van der Waals surface area contributed by atoms with Crippen LogP contribution in [0.4, 0.5) is 0 Å². The third-order valence-electron chi connectivity index (χ3n) is 1.90. The Bertz CT molecular complexity index is 365. The molecule has 1 aromatic heterocycles. The molecule has 0 radical (unpaired) electrons. The second kappa shape index (κ2) is 2.05. The number of ketones is 1. The lowest BCUT2D eigenvalue weighted by atomic mass is 10.2. The Morgan fingerprint density at radius 2 is 2.09 bits per heavy atom. The maximum Gasteiger partial charge on any atom is 0.251 e. The van der Waals surface area contributed by atoms with Crippen molar-refractivity contribution in [2.45, 2.75) is 13.0 Å². The molecule has 2 rings (SSSR count). The summed E-state index contributed by atoms with van der Waals surface area (Å²) >= 11 is 0. The van der Waals surface area contributed by atoms with Crippen LogP contribution in [0.25, 0.3) is 0 Å². The first kappa shape index (κ1) is 6.34. The minimum atomic E-state index is -0.0756. The standard InChI is InChI=1S/C8H7NO2/c10-7-4-5-9-6(7)2-1-3-8(9)11/h1-3H,4-5H2. The van der Waals surface area contributed by atoms with Crippen molar-refractivity contribution < 1.29 is 4.79 Å². The Morgan fingerprint density at radius 3 is 2.82 bits per heavy atom. The molecular weight excluding hydrogens is 142 g/mol. The SMILES string of the molecule is O=C1CCn2c1cccc2=O. The highest BCUT2D eigenvalue weighted by atomic mass is 16.1. The Hall–Kier alpha value is -1.38. The molecule has 11 heavy (non-hydrogen) atoms. The first-order valence-corrected chi connectivity index (χ1v) is 3.52. The summed E-state index contributed by atoms with van der Waals surface area (Å²) in [5, 5.41) is 0. The van der Waals surface area contributed by atoms with Crippen molar-refractivity contribution in [2.24, 2.45) is 0 Å². The average Bonchev–Trinajstić information content (AvgIpc) is 2.35. The van der Waals surface area contributed by atoms with Gasteiger partial charge in [0.05, 0.1) is 5.69 Å². The maximum absolute atomic E-state index is 11.1. The molecule has 0 N–H and O–H groups in total. The number of nitrogens with zero attached hydrogens (tertiary/aromatic N) is 1. The fourth-order valence-electron chi connectivity index (χ4n) is 1.34. The van der Waals surface area contributed by atoms with Crippen LogP contribution < -0.4 is 5.56 Å². The van der Waals surface area contributed by atoms with Crippen LogP contribution in [0.15, 0.2) is 23.0 Å². The van der Waals surface area contributed by atoms with Gasteiger partial charge < -0.3 is 4.57 Å². The van der Waals surface area contributed by atoms with Gasteiger partial charge in [-0.25, -0.2) is 0 Å². The summed E-state index contributed by atoms with van der Waals surface area (Å²) in [4.78, 5) is 22.1. The molecule has 1 aliphatic heterocycles. The molecule has 0 saturated heterocycles. The Balaban J connectivity index is 2.76. The van der Waals surface area contributed by atoms with Gasteiger partial charge in [0.25, 0.3) is 5.56 Å². The van der Waals surface area contributed by atoms with Crippen molar-refractivity contribution in [1.82, 2.24) is 4.57 Å². The summed E-state index contributed by atoms with van der Waals surface area (Å²) in [5.41, 5.74) is 0.478. The molecular formula is C8H7NO2. The van der Waals surface area contributed by atoms with Crippen molar-refractivity contribution in [3.05, 3.63) is 34.2 Å². The molecule has 0 fully saturated rings. The smallest absolute Gasteiger partial charge is 0.251 e. The zero-order chi connectivity index (χ0) is 7.84. The van der Waals surface area contributed by atoms with Gasteiger partial charge in [0.15, 0.2) is 5.78 Å². The average molecular weight is 149 g/mol. The zero-order valence-corrected chi connectivity index (χ0v) is 5.91. The molecule has 0 aliphatic carbocycles. The van der Waals surface area contributed by atoms with E-state index in [1.807, 2.05) is 0 Å². The molecule has 0 aromatic carbocycles. The predicted octanol–water partition coefficient (Wildman–Crippen LogP) is 0.435. The molecule has 0 amide bonds. The number of rotatable bonds is 0. The van der Waals surface area contributed by atoms with E-state index >= 15 is 0 Å². The lowest BCUT2D eigenvalue weighted by Crippen LogP contribution is -2.17. The van der Waals surface area contributed by atoms with Crippen LogP contribution in [0.1, 0.15) is 16.9 Å². The van der Waals surface area contributed by atoms with Crippen molar-refractivity contribution >= 4 is 5.78 Å². The third-order valence-corrected chi connectivity index (χ3v) is 1.90. The molecule has 0 bridgehead atoms. The van der Waals surface area contributed by atoms with Crippen LogP contribution in [-0.2, 0) is 6.54 Å². The van der Waals surface area contributed by atoms with Gasteiger partial charge in [-0.05, 0) is 6.07 Å². The van der Waals surface area contributed by atoms with Gasteiger partial charge >= 0.3 is 0 Å². The summed E-state index contributed by atoms with van der Waals surface area (Å²) in [6.07, 6.45) is 0.471. The first-order chi connectivity index (χ1) is 5.29. The second-order valence-corrected chi connectivity index (χ2v) is 2.57. The molecule has 1 aliphatic rings. The number of hydrogen-bond donors (Lipinski definition) is 0. The van der Waals surface area contributed by atoms with E-state index < -0.39 is 0 Å². The van der Waals surface area contributed by atoms with Gasteiger partial charge in [-0.15, -0.1) is 0 Å². The highest BCUT2D eigenvalue weighted by molar-refractivity contribution is 5.96. The number of carbonyl (C=O) groups excluding carboxylic acids is 1. The van der Waals surface area contributed by atoms with Gasteiger partial charge in [0.2, 0.25) is 0 Å².